The monoisotopic (exact) mass is 222 g/mol. The predicted molar refractivity (Wildman–Crippen MR) is 54.7 cm³/mol. The van der Waals surface area contributed by atoms with Gasteiger partial charge in [-0.15, -0.1) is 0 Å². The Morgan fingerprint density at radius 3 is 2.86 bits per heavy atom. The van der Waals surface area contributed by atoms with Gasteiger partial charge in [0.2, 0.25) is 10.0 Å². The van der Waals surface area contributed by atoms with Gasteiger partial charge in [-0.1, -0.05) is 6.92 Å². The Morgan fingerprint density at radius 2 is 2.29 bits per heavy atom. The van der Waals surface area contributed by atoms with Crippen LogP contribution in [0.15, 0.2) is 0 Å². The lowest BCUT2D eigenvalue weighted by Gasteiger charge is -2.11. The normalized spacial score (nSPS) is 22.8. The average molecular weight is 222 g/mol. The first-order chi connectivity index (χ1) is 6.64. The zero-order valence-electron chi connectivity index (χ0n) is 8.45. The first-order valence-corrected chi connectivity index (χ1v) is 6.58. The Morgan fingerprint density at radius 1 is 1.50 bits per heavy atom. The Hall–Kier alpha value is -0.170. The predicted octanol–water partition coefficient (Wildman–Crippen LogP) is -0.696. The van der Waals surface area contributed by atoms with Crippen LogP contribution in [0.1, 0.15) is 13.3 Å². The summed E-state index contributed by atoms with van der Waals surface area (Å²) in [5.74, 6) is 0.136. The smallest absolute Gasteiger partial charge is 0.213 e. The summed E-state index contributed by atoms with van der Waals surface area (Å²) in [5, 5.41) is 2.98. The molecule has 0 spiro atoms. The van der Waals surface area contributed by atoms with Gasteiger partial charge in [-0.25, -0.2) is 13.1 Å². The summed E-state index contributed by atoms with van der Waals surface area (Å²) in [5.41, 5.74) is 0. The van der Waals surface area contributed by atoms with Crippen LogP contribution in [0, 0.1) is 0 Å². The number of sulfonamides is 1. The standard InChI is InChI=1S/C8H18N2O3S/c1-2-9-4-6-14(11,12)10-8-3-5-13-7-8/h8-10H,2-7H2,1H3. The molecule has 1 fully saturated rings. The van der Waals surface area contributed by atoms with Gasteiger partial charge in [0.05, 0.1) is 12.4 Å². The van der Waals surface area contributed by atoms with Crippen molar-refractivity contribution in [2.24, 2.45) is 0 Å². The van der Waals surface area contributed by atoms with E-state index in [0.717, 1.165) is 13.0 Å². The quantitative estimate of drug-likeness (QED) is 0.583. The lowest BCUT2D eigenvalue weighted by Crippen LogP contribution is -2.39. The highest BCUT2D eigenvalue weighted by Gasteiger charge is 2.21. The van der Waals surface area contributed by atoms with Crippen molar-refractivity contribution >= 4 is 10.0 Å². The van der Waals surface area contributed by atoms with E-state index in [4.69, 9.17) is 4.74 Å². The molecule has 0 amide bonds. The summed E-state index contributed by atoms with van der Waals surface area (Å²) in [6, 6.07) is -0.0263. The number of rotatable bonds is 6. The van der Waals surface area contributed by atoms with Gasteiger partial charge in [-0.05, 0) is 13.0 Å². The molecule has 6 heteroatoms. The van der Waals surface area contributed by atoms with Gasteiger partial charge < -0.3 is 10.1 Å². The molecule has 1 unspecified atom stereocenters. The molecule has 14 heavy (non-hydrogen) atoms. The second-order valence-corrected chi connectivity index (χ2v) is 5.22. The summed E-state index contributed by atoms with van der Waals surface area (Å²) >= 11 is 0. The molecular formula is C8H18N2O3S. The maximum atomic E-state index is 11.5. The van der Waals surface area contributed by atoms with Crippen LogP contribution >= 0.6 is 0 Å². The van der Waals surface area contributed by atoms with Crippen molar-refractivity contribution in [3.8, 4) is 0 Å². The van der Waals surface area contributed by atoms with Crippen molar-refractivity contribution in [1.82, 2.24) is 10.0 Å². The molecule has 0 radical (unpaired) electrons. The number of nitrogens with one attached hydrogen (secondary N) is 2. The van der Waals surface area contributed by atoms with Crippen molar-refractivity contribution in [3.63, 3.8) is 0 Å². The zero-order valence-corrected chi connectivity index (χ0v) is 9.27. The van der Waals surface area contributed by atoms with Gasteiger partial charge in [0.1, 0.15) is 0 Å². The van der Waals surface area contributed by atoms with E-state index in [-0.39, 0.29) is 11.8 Å². The minimum atomic E-state index is -3.13. The number of hydrogen-bond donors (Lipinski definition) is 2. The van der Waals surface area contributed by atoms with Crippen LogP contribution in [0.25, 0.3) is 0 Å². The van der Waals surface area contributed by atoms with Crippen LogP contribution in [-0.2, 0) is 14.8 Å². The molecule has 0 bridgehead atoms. The van der Waals surface area contributed by atoms with Crippen molar-refractivity contribution in [1.29, 1.82) is 0 Å². The summed E-state index contributed by atoms with van der Waals surface area (Å²) < 4.78 is 30.6. The summed E-state index contributed by atoms with van der Waals surface area (Å²) in [7, 11) is -3.13. The summed E-state index contributed by atoms with van der Waals surface area (Å²) in [6.07, 6.45) is 0.778. The van der Waals surface area contributed by atoms with Gasteiger partial charge in [0.25, 0.3) is 0 Å². The Kier molecular flexibility index (Phi) is 4.80. The van der Waals surface area contributed by atoms with Crippen molar-refractivity contribution < 1.29 is 13.2 Å². The molecule has 0 aromatic heterocycles. The third-order valence-corrected chi connectivity index (χ3v) is 3.51. The first-order valence-electron chi connectivity index (χ1n) is 4.92. The molecule has 1 heterocycles. The van der Waals surface area contributed by atoms with Gasteiger partial charge in [0.15, 0.2) is 0 Å². The third kappa shape index (κ3) is 4.36. The molecule has 1 aliphatic rings. The summed E-state index contributed by atoms with van der Waals surface area (Å²) in [6.45, 7) is 4.40. The van der Waals surface area contributed by atoms with Crippen LogP contribution in [0.5, 0.6) is 0 Å². The minimum absolute atomic E-state index is 0.0263. The molecular weight excluding hydrogens is 204 g/mol. The molecule has 2 N–H and O–H groups in total. The fourth-order valence-corrected chi connectivity index (χ4v) is 2.55. The zero-order chi connectivity index (χ0) is 10.4. The van der Waals surface area contributed by atoms with Crippen LogP contribution in [-0.4, -0.2) is 46.5 Å². The largest absolute Gasteiger partial charge is 0.380 e. The molecule has 1 rings (SSSR count). The summed E-state index contributed by atoms with van der Waals surface area (Å²) in [4.78, 5) is 0. The number of ether oxygens (including phenoxy) is 1. The second-order valence-electron chi connectivity index (χ2n) is 3.35. The van der Waals surface area contributed by atoms with Gasteiger partial charge >= 0.3 is 0 Å². The highest BCUT2D eigenvalue weighted by Crippen LogP contribution is 2.04. The highest BCUT2D eigenvalue weighted by atomic mass is 32.2. The minimum Gasteiger partial charge on any atom is -0.380 e. The molecule has 0 aliphatic carbocycles. The first kappa shape index (κ1) is 11.9. The van der Waals surface area contributed by atoms with E-state index in [9.17, 15) is 8.42 Å². The fraction of sp³-hybridized carbons (Fsp3) is 1.00. The molecule has 1 aliphatic heterocycles. The topological polar surface area (TPSA) is 67.4 Å². The van der Waals surface area contributed by atoms with Crippen LogP contribution in [0.4, 0.5) is 0 Å². The third-order valence-electron chi connectivity index (χ3n) is 2.07. The van der Waals surface area contributed by atoms with Gasteiger partial charge in [0, 0.05) is 19.2 Å². The Labute approximate surface area is 85.3 Å². The second kappa shape index (κ2) is 5.65. The van der Waals surface area contributed by atoms with E-state index >= 15 is 0 Å². The van der Waals surface area contributed by atoms with E-state index in [0.29, 0.717) is 19.8 Å². The lowest BCUT2D eigenvalue weighted by atomic mass is 10.3. The van der Waals surface area contributed by atoms with Crippen molar-refractivity contribution in [2.45, 2.75) is 19.4 Å². The molecule has 5 nitrogen and oxygen atoms in total. The van der Waals surface area contributed by atoms with E-state index < -0.39 is 10.0 Å². The lowest BCUT2D eigenvalue weighted by molar-refractivity contribution is 0.192. The van der Waals surface area contributed by atoms with E-state index in [2.05, 4.69) is 10.0 Å². The van der Waals surface area contributed by atoms with Gasteiger partial charge in [-0.2, -0.15) is 0 Å². The van der Waals surface area contributed by atoms with Crippen LogP contribution < -0.4 is 10.0 Å². The molecule has 1 atom stereocenters. The Balaban J connectivity index is 2.26. The van der Waals surface area contributed by atoms with Crippen LogP contribution in [0.3, 0.4) is 0 Å². The molecule has 1 saturated heterocycles. The van der Waals surface area contributed by atoms with E-state index in [1.807, 2.05) is 6.92 Å². The SMILES string of the molecule is CCNCCS(=O)(=O)NC1CCOC1. The molecule has 0 saturated carbocycles. The van der Waals surface area contributed by atoms with Crippen LogP contribution in [0.2, 0.25) is 0 Å². The maximum absolute atomic E-state index is 11.5. The Bertz CT molecular complexity index is 247. The highest BCUT2D eigenvalue weighted by molar-refractivity contribution is 7.89. The van der Waals surface area contributed by atoms with Crippen molar-refractivity contribution in [3.05, 3.63) is 0 Å². The van der Waals surface area contributed by atoms with E-state index in [1.165, 1.54) is 0 Å². The fourth-order valence-electron chi connectivity index (χ4n) is 1.32. The molecule has 84 valence electrons. The molecule has 0 aromatic rings. The van der Waals surface area contributed by atoms with Crippen molar-refractivity contribution in [2.75, 3.05) is 32.1 Å². The molecule has 0 aromatic carbocycles. The number of hydrogen-bond acceptors (Lipinski definition) is 4. The van der Waals surface area contributed by atoms with E-state index in [1.54, 1.807) is 0 Å². The van der Waals surface area contributed by atoms with Gasteiger partial charge in [-0.3, -0.25) is 0 Å². The maximum Gasteiger partial charge on any atom is 0.213 e. The average Bonchev–Trinajstić information content (AvgIpc) is 2.56.